The van der Waals surface area contributed by atoms with Gasteiger partial charge in [0, 0.05) is 11.3 Å². The van der Waals surface area contributed by atoms with Gasteiger partial charge in [-0.3, -0.25) is 5.41 Å². The third kappa shape index (κ3) is 3.75. The summed E-state index contributed by atoms with van der Waals surface area (Å²) in [5.41, 5.74) is 6.91. The summed E-state index contributed by atoms with van der Waals surface area (Å²) in [6.07, 6.45) is 7.82. The summed E-state index contributed by atoms with van der Waals surface area (Å²) in [6.45, 7) is 6.35. The molecule has 0 bridgehead atoms. The summed E-state index contributed by atoms with van der Waals surface area (Å²) in [5, 5.41) is 20.6. The molecule has 3 rings (SSSR count). The highest BCUT2D eigenvalue weighted by molar-refractivity contribution is 6.07. The van der Waals surface area contributed by atoms with Crippen molar-refractivity contribution in [3.63, 3.8) is 0 Å². The minimum atomic E-state index is 0.298. The fraction of sp³-hybridized carbons (Fsp3) is 0.217. The molecule has 2 aromatic carbocycles. The highest BCUT2D eigenvalue weighted by atomic mass is 14.9. The first-order valence-corrected chi connectivity index (χ1v) is 8.84. The van der Waals surface area contributed by atoms with E-state index in [1.54, 1.807) is 18.2 Å². The zero-order valence-electron chi connectivity index (χ0n) is 15.4. The van der Waals surface area contributed by atoms with Crippen molar-refractivity contribution in [2.24, 2.45) is 5.92 Å². The van der Waals surface area contributed by atoms with Crippen LogP contribution in [0.25, 0.3) is 5.57 Å². The van der Waals surface area contributed by atoms with Gasteiger partial charge in [0.1, 0.15) is 5.84 Å². The fourth-order valence-corrected chi connectivity index (χ4v) is 3.21. The number of anilines is 1. The second-order valence-electron chi connectivity index (χ2n) is 6.91. The Labute approximate surface area is 155 Å². The molecule has 0 amide bonds. The molecule has 0 aromatic heterocycles. The number of aryl methyl sites for hydroxylation is 2. The minimum absolute atomic E-state index is 0.298. The Kier molecular flexibility index (Phi) is 5.04. The molecule has 0 saturated carbocycles. The van der Waals surface area contributed by atoms with Crippen LogP contribution in [0.5, 0.6) is 0 Å². The van der Waals surface area contributed by atoms with E-state index in [0.717, 1.165) is 23.2 Å². The summed E-state index contributed by atoms with van der Waals surface area (Å²) in [6, 6.07) is 13.6. The van der Waals surface area contributed by atoms with E-state index in [1.807, 2.05) is 6.07 Å². The lowest BCUT2D eigenvalue weighted by molar-refractivity contribution is 0.739. The second-order valence-corrected chi connectivity index (χ2v) is 6.91. The first kappa shape index (κ1) is 17.7. The van der Waals surface area contributed by atoms with Gasteiger partial charge >= 0.3 is 0 Å². The number of allylic oxidation sites excluding steroid dienone is 4. The average molecular weight is 341 g/mol. The van der Waals surface area contributed by atoms with Crippen LogP contribution in [0.15, 0.2) is 54.6 Å². The van der Waals surface area contributed by atoms with Crippen LogP contribution in [0.3, 0.4) is 0 Å². The Morgan fingerprint density at radius 1 is 1.19 bits per heavy atom. The Bertz CT molecular complexity index is 935. The number of hydrogen-bond donors (Lipinski definition) is 2. The van der Waals surface area contributed by atoms with E-state index < -0.39 is 0 Å². The molecular weight excluding hydrogens is 318 g/mol. The number of nitrogens with zero attached hydrogens (tertiary/aromatic N) is 1. The summed E-state index contributed by atoms with van der Waals surface area (Å²) >= 11 is 0. The summed E-state index contributed by atoms with van der Waals surface area (Å²) in [5.74, 6) is 0.901. The number of rotatable bonds is 3. The molecule has 1 atom stereocenters. The molecule has 130 valence electrons. The van der Waals surface area contributed by atoms with E-state index in [4.69, 9.17) is 10.7 Å². The van der Waals surface area contributed by atoms with Crippen molar-refractivity contribution >= 4 is 17.1 Å². The number of amidine groups is 1. The fourth-order valence-electron chi connectivity index (χ4n) is 3.21. The van der Waals surface area contributed by atoms with Crippen molar-refractivity contribution in [1.29, 1.82) is 10.7 Å². The SMILES string of the molecule is Cc1cc(C2=CC[C@H](C)C=C2)cc(C)c1NC(=N)c1cccc(C#N)c1. The van der Waals surface area contributed by atoms with Gasteiger partial charge in [0.25, 0.3) is 0 Å². The van der Waals surface area contributed by atoms with Crippen LogP contribution in [0, 0.1) is 36.5 Å². The van der Waals surface area contributed by atoms with Gasteiger partial charge in [-0.05, 0) is 72.7 Å². The zero-order chi connectivity index (χ0) is 18.7. The molecule has 0 unspecified atom stereocenters. The highest BCUT2D eigenvalue weighted by Gasteiger charge is 2.12. The van der Waals surface area contributed by atoms with Crippen LogP contribution in [-0.2, 0) is 0 Å². The van der Waals surface area contributed by atoms with Crippen molar-refractivity contribution in [2.45, 2.75) is 27.2 Å². The standard InChI is InChI=1S/C23H23N3/c1-15-7-9-19(10-8-15)21-11-16(2)22(17(3)12-21)26-23(25)20-6-4-5-18(13-20)14-24/h4-7,9-13,15H,8H2,1-3H3,(H2,25,26)/t15-/m1/s1. The van der Waals surface area contributed by atoms with Gasteiger partial charge in [-0.1, -0.05) is 37.3 Å². The summed E-state index contributed by atoms with van der Waals surface area (Å²) < 4.78 is 0. The van der Waals surface area contributed by atoms with E-state index in [0.29, 0.717) is 22.9 Å². The smallest absolute Gasteiger partial charge is 0.129 e. The third-order valence-corrected chi connectivity index (χ3v) is 4.71. The van der Waals surface area contributed by atoms with Crippen LogP contribution in [0.2, 0.25) is 0 Å². The molecule has 1 aliphatic rings. The van der Waals surface area contributed by atoms with Crippen LogP contribution in [0.4, 0.5) is 5.69 Å². The quantitative estimate of drug-likeness (QED) is 0.564. The van der Waals surface area contributed by atoms with Crippen molar-refractivity contribution < 1.29 is 0 Å². The van der Waals surface area contributed by atoms with Gasteiger partial charge in [-0.2, -0.15) is 5.26 Å². The molecule has 3 nitrogen and oxygen atoms in total. The number of nitriles is 1. The Morgan fingerprint density at radius 3 is 2.54 bits per heavy atom. The molecule has 0 radical (unpaired) electrons. The van der Waals surface area contributed by atoms with E-state index in [1.165, 1.54) is 11.1 Å². The van der Waals surface area contributed by atoms with Gasteiger partial charge in [-0.15, -0.1) is 0 Å². The number of nitrogens with one attached hydrogen (secondary N) is 2. The highest BCUT2D eigenvalue weighted by Crippen LogP contribution is 2.30. The van der Waals surface area contributed by atoms with E-state index in [-0.39, 0.29) is 0 Å². The van der Waals surface area contributed by atoms with Gasteiger partial charge in [0.2, 0.25) is 0 Å². The van der Waals surface area contributed by atoms with E-state index in [9.17, 15) is 0 Å². The van der Waals surface area contributed by atoms with Gasteiger partial charge in [-0.25, -0.2) is 0 Å². The van der Waals surface area contributed by atoms with Crippen LogP contribution in [0.1, 0.15) is 41.2 Å². The van der Waals surface area contributed by atoms with Crippen molar-refractivity contribution in [2.75, 3.05) is 5.32 Å². The molecule has 0 spiro atoms. The molecule has 2 aromatic rings. The van der Waals surface area contributed by atoms with Gasteiger partial charge < -0.3 is 5.32 Å². The summed E-state index contributed by atoms with van der Waals surface area (Å²) in [7, 11) is 0. The molecule has 0 fully saturated rings. The first-order valence-electron chi connectivity index (χ1n) is 8.84. The normalized spacial score (nSPS) is 15.9. The lowest BCUT2D eigenvalue weighted by Crippen LogP contribution is -2.14. The Hall–Kier alpha value is -3.12. The predicted octanol–water partition coefficient (Wildman–Crippen LogP) is 5.59. The van der Waals surface area contributed by atoms with Crippen LogP contribution < -0.4 is 5.32 Å². The number of hydrogen-bond acceptors (Lipinski definition) is 2. The molecule has 2 N–H and O–H groups in total. The molecule has 1 aliphatic carbocycles. The van der Waals surface area contributed by atoms with Crippen LogP contribution in [-0.4, -0.2) is 5.84 Å². The lowest BCUT2D eigenvalue weighted by Gasteiger charge is -2.18. The minimum Gasteiger partial charge on any atom is -0.340 e. The summed E-state index contributed by atoms with van der Waals surface area (Å²) in [4.78, 5) is 0. The Balaban J connectivity index is 1.86. The lowest BCUT2D eigenvalue weighted by atomic mass is 9.92. The van der Waals surface area contributed by atoms with Gasteiger partial charge in [0.05, 0.1) is 11.6 Å². The molecule has 3 heteroatoms. The maximum atomic E-state index is 9.04. The average Bonchev–Trinajstić information content (AvgIpc) is 2.65. The number of benzene rings is 2. The van der Waals surface area contributed by atoms with Crippen LogP contribution >= 0.6 is 0 Å². The van der Waals surface area contributed by atoms with Crippen molar-refractivity contribution in [3.05, 3.63) is 82.4 Å². The molecular formula is C23H23N3. The van der Waals surface area contributed by atoms with Crippen molar-refractivity contribution in [3.8, 4) is 6.07 Å². The van der Waals surface area contributed by atoms with Crippen molar-refractivity contribution in [1.82, 2.24) is 0 Å². The second kappa shape index (κ2) is 7.41. The monoisotopic (exact) mass is 341 g/mol. The predicted molar refractivity (Wildman–Crippen MR) is 108 cm³/mol. The third-order valence-electron chi connectivity index (χ3n) is 4.71. The topological polar surface area (TPSA) is 59.7 Å². The molecule has 26 heavy (non-hydrogen) atoms. The molecule has 0 aliphatic heterocycles. The molecule has 0 saturated heterocycles. The maximum Gasteiger partial charge on any atom is 0.129 e. The van der Waals surface area contributed by atoms with E-state index >= 15 is 0 Å². The Morgan fingerprint density at radius 2 is 1.92 bits per heavy atom. The van der Waals surface area contributed by atoms with Gasteiger partial charge in [0.15, 0.2) is 0 Å². The zero-order valence-corrected chi connectivity index (χ0v) is 15.4. The largest absolute Gasteiger partial charge is 0.340 e. The molecule has 0 heterocycles. The maximum absolute atomic E-state index is 9.04. The first-order chi connectivity index (χ1) is 12.5. The van der Waals surface area contributed by atoms with E-state index in [2.05, 4.69) is 62.5 Å².